The molecule has 0 aliphatic heterocycles. The summed E-state index contributed by atoms with van der Waals surface area (Å²) in [6.45, 7) is 5.70. The standard InChI is InChI=1S/C18H25Br2N5O4S/c1-9(2)12-5-11(6-13(19)16(12)30(21,27)28)23-18-22-7-14(20)17(25-18)24-15(8-29-4)10(3)26/h5-7,9-10,15,26H,8H2,1-4H3,(H2,21,27,28)(H2,22,23,24,25)/t10-,15-/m1/s1. The largest absolute Gasteiger partial charge is 0.391 e. The van der Waals surface area contributed by atoms with Crippen LogP contribution in [0.25, 0.3) is 0 Å². The molecule has 9 nitrogen and oxygen atoms in total. The highest BCUT2D eigenvalue weighted by atomic mass is 79.9. The van der Waals surface area contributed by atoms with E-state index < -0.39 is 16.1 Å². The summed E-state index contributed by atoms with van der Waals surface area (Å²) in [4.78, 5) is 8.75. The third-order valence-corrected chi connectivity index (χ3v) is 6.72. The number of rotatable bonds is 9. The van der Waals surface area contributed by atoms with Crippen molar-refractivity contribution in [1.82, 2.24) is 9.97 Å². The van der Waals surface area contributed by atoms with Crippen LogP contribution in [0.3, 0.4) is 0 Å². The van der Waals surface area contributed by atoms with E-state index in [1.165, 1.54) is 0 Å². The maximum absolute atomic E-state index is 12.0. The summed E-state index contributed by atoms with van der Waals surface area (Å²) in [7, 11) is -2.35. The molecule has 2 atom stereocenters. The minimum absolute atomic E-state index is 0.0569. The van der Waals surface area contributed by atoms with Crippen LogP contribution in [-0.2, 0) is 14.8 Å². The lowest BCUT2D eigenvalue weighted by Crippen LogP contribution is -2.36. The monoisotopic (exact) mass is 565 g/mol. The number of primary sulfonamides is 1. The van der Waals surface area contributed by atoms with Gasteiger partial charge in [-0.3, -0.25) is 0 Å². The van der Waals surface area contributed by atoms with Gasteiger partial charge in [-0.1, -0.05) is 13.8 Å². The second kappa shape index (κ2) is 10.3. The fourth-order valence-corrected chi connectivity index (χ4v) is 5.14. The van der Waals surface area contributed by atoms with Crippen molar-refractivity contribution in [2.24, 2.45) is 5.14 Å². The van der Waals surface area contributed by atoms with E-state index in [0.717, 1.165) is 0 Å². The average Bonchev–Trinajstić information content (AvgIpc) is 2.62. The molecule has 0 radical (unpaired) electrons. The number of aliphatic hydroxyl groups is 1. The Balaban J connectivity index is 2.39. The van der Waals surface area contributed by atoms with Crippen molar-refractivity contribution in [1.29, 1.82) is 0 Å². The molecule has 0 saturated carbocycles. The number of nitrogens with zero attached hydrogens (tertiary/aromatic N) is 2. The van der Waals surface area contributed by atoms with Gasteiger partial charge in [0.2, 0.25) is 16.0 Å². The highest BCUT2D eigenvalue weighted by Gasteiger charge is 2.22. The smallest absolute Gasteiger partial charge is 0.239 e. The molecule has 2 aromatic rings. The first-order valence-corrected chi connectivity index (χ1v) is 12.2. The highest BCUT2D eigenvalue weighted by Crippen LogP contribution is 2.34. The number of hydrogen-bond donors (Lipinski definition) is 4. The van der Waals surface area contributed by atoms with Crippen LogP contribution in [0.1, 0.15) is 32.3 Å². The molecule has 0 saturated heterocycles. The molecule has 1 aromatic carbocycles. The number of methoxy groups -OCH3 is 1. The molecule has 0 unspecified atom stereocenters. The fraction of sp³-hybridized carbons (Fsp3) is 0.444. The Bertz CT molecular complexity index is 1000. The molecule has 166 valence electrons. The molecular formula is C18H25Br2N5O4S. The third-order valence-electron chi connectivity index (χ3n) is 4.23. The van der Waals surface area contributed by atoms with Crippen molar-refractivity contribution in [2.45, 2.75) is 43.7 Å². The molecule has 1 heterocycles. The Kier molecular flexibility index (Phi) is 8.60. The SMILES string of the molecule is COC[C@@H](Nc1nc(Nc2cc(Br)c(S(N)(=O)=O)c(C(C)C)c2)ncc1Br)[C@@H](C)O. The van der Waals surface area contributed by atoms with E-state index in [0.29, 0.717) is 26.0 Å². The van der Waals surface area contributed by atoms with Gasteiger partial charge in [0.25, 0.3) is 0 Å². The Labute approximate surface area is 193 Å². The first-order valence-electron chi connectivity index (χ1n) is 9.03. The van der Waals surface area contributed by atoms with E-state index in [9.17, 15) is 13.5 Å². The molecule has 0 aliphatic rings. The Hall–Kier alpha value is -1.31. The first-order chi connectivity index (χ1) is 13.9. The van der Waals surface area contributed by atoms with Crippen molar-refractivity contribution >= 4 is 59.3 Å². The molecule has 0 fully saturated rings. The van der Waals surface area contributed by atoms with Crippen LogP contribution in [0.4, 0.5) is 17.5 Å². The fourth-order valence-electron chi connectivity index (χ4n) is 2.73. The van der Waals surface area contributed by atoms with Crippen molar-refractivity contribution in [2.75, 3.05) is 24.4 Å². The molecule has 0 amide bonds. The summed E-state index contributed by atoms with van der Waals surface area (Å²) in [5, 5.41) is 21.5. The summed E-state index contributed by atoms with van der Waals surface area (Å²) in [5.41, 5.74) is 1.16. The Morgan fingerprint density at radius 3 is 2.43 bits per heavy atom. The van der Waals surface area contributed by atoms with Gasteiger partial charge in [0.1, 0.15) is 5.82 Å². The van der Waals surface area contributed by atoms with Gasteiger partial charge in [-0.25, -0.2) is 18.5 Å². The summed E-state index contributed by atoms with van der Waals surface area (Å²) < 4.78 is 30.1. The van der Waals surface area contributed by atoms with Crippen LogP contribution in [0.5, 0.6) is 0 Å². The summed E-state index contributed by atoms with van der Waals surface area (Å²) in [6, 6.07) is 2.94. The predicted octanol–water partition coefficient (Wildman–Crippen LogP) is 3.32. The average molecular weight is 567 g/mol. The van der Waals surface area contributed by atoms with Gasteiger partial charge in [-0.2, -0.15) is 4.98 Å². The number of ether oxygens (including phenoxy) is 1. The third kappa shape index (κ3) is 6.34. The lowest BCUT2D eigenvalue weighted by molar-refractivity contribution is 0.106. The number of benzene rings is 1. The zero-order valence-corrected chi connectivity index (χ0v) is 21.0. The molecule has 5 N–H and O–H groups in total. The van der Waals surface area contributed by atoms with Crippen LogP contribution in [-0.4, -0.2) is 49.4 Å². The van der Waals surface area contributed by atoms with Gasteiger partial charge in [-0.05, 0) is 62.4 Å². The zero-order valence-electron chi connectivity index (χ0n) is 17.0. The van der Waals surface area contributed by atoms with Gasteiger partial charge >= 0.3 is 0 Å². The number of nitrogens with two attached hydrogens (primary N) is 1. The van der Waals surface area contributed by atoms with Crippen LogP contribution in [0.2, 0.25) is 0 Å². The number of nitrogens with one attached hydrogen (secondary N) is 2. The molecule has 0 aliphatic carbocycles. The summed E-state index contributed by atoms with van der Waals surface area (Å²) >= 11 is 6.70. The second-order valence-corrected chi connectivity index (χ2v) is 10.2. The first kappa shape index (κ1) is 25.0. The normalized spacial score (nSPS) is 13.9. The summed E-state index contributed by atoms with van der Waals surface area (Å²) in [5.74, 6) is 0.674. The highest BCUT2D eigenvalue weighted by molar-refractivity contribution is 9.10. The van der Waals surface area contributed by atoms with Crippen molar-refractivity contribution in [3.05, 3.63) is 32.8 Å². The molecule has 2 rings (SSSR count). The molecule has 1 aromatic heterocycles. The maximum atomic E-state index is 12.0. The van der Waals surface area contributed by atoms with Crippen molar-refractivity contribution in [3.63, 3.8) is 0 Å². The summed E-state index contributed by atoms with van der Waals surface area (Å²) in [6.07, 6.45) is 0.902. The van der Waals surface area contributed by atoms with E-state index in [1.807, 2.05) is 13.8 Å². The topological polar surface area (TPSA) is 139 Å². The van der Waals surface area contributed by atoms with Crippen LogP contribution in [0, 0.1) is 0 Å². The molecule has 0 spiro atoms. The molecular weight excluding hydrogens is 542 g/mol. The van der Waals surface area contributed by atoms with Crippen LogP contribution in [0.15, 0.2) is 32.2 Å². The van der Waals surface area contributed by atoms with Gasteiger partial charge in [-0.15, -0.1) is 0 Å². The Morgan fingerprint density at radius 2 is 1.90 bits per heavy atom. The van der Waals surface area contributed by atoms with E-state index >= 15 is 0 Å². The van der Waals surface area contributed by atoms with Crippen LogP contribution < -0.4 is 15.8 Å². The van der Waals surface area contributed by atoms with E-state index in [4.69, 9.17) is 9.88 Å². The number of aliphatic hydroxyl groups excluding tert-OH is 1. The van der Waals surface area contributed by atoms with Gasteiger partial charge < -0.3 is 20.5 Å². The van der Waals surface area contributed by atoms with Gasteiger partial charge in [0.05, 0.1) is 28.1 Å². The van der Waals surface area contributed by atoms with Crippen molar-refractivity contribution in [3.8, 4) is 0 Å². The molecule has 12 heteroatoms. The van der Waals surface area contributed by atoms with Gasteiger partial charge in [0, 0.05) is 23.5 Å². The lowest BCUT2D eigenvalue weighted by Gasteiger charge is -2.22. The zero-order chi connectivity index (χ0) is 22.6. The van der Waals surface area contributed by atoms with E-state index in [-0.39, 0.29) is 29.4 Å². The quantitative estimate of drug-likeness (QED) is 0.362. The number of aromatic nitrogens is 2. The maximum Gasteiger partial charge on any atom is 0.239 e. The van der Waals surface area contributed by atoms with E-state index in [2.05, 4.69) is 52.5 Å². The molecule has 30 heavy (non-hydrogen) atoms. The van der Waals surface area contributed by atoms with Crippen LogP contribution >= 0.6 is 31.9 Å². The van der Waals surface area contributed by atoms with Crippen molar-refractivity contribution < 1.29 is 18.3 Å². The molecule has 0 bridgehead atoms. The minimum Gasteiger partial charge on any atom is -0.391 e. The number of anilines is 3. The lowest BCUT2D eigenvalue weighted by atomic mass is 10.0. The minimum atomic E-state index is -3.90. The second-order valence-electron chi connectivity index (χ2n) is 7.04. The van der Waals surface area contributed by atoms with E-state index in [1.54, 1.807) is 32.4 Å². The predicted molar refractivity (Wildman–Crippen MR) is 124 cm³/mol. The number of sulfonamides is 1. The van der Waals surface area contributed by atoms with Gasteiger partial charge in [0.15, 0.2) is 0 Å². The number of halogens is 2. The number of hydrogen-bond acceptors (Lipinski definition) is 8. The Morgan fingerprint density at radius 1 is 1.23 bits per heavy atom.